The Morgan fingerprint density at radius 3 is 2.89 bits per heavy atom. The van der Waals surface area contributed by atoms with Gasteiger partial charge in [-0.1, -0.05) is 17.8 Å². The molecular formula is C13H20N2O2S. The van der Waals surface area contributed by atoms with Gasteiger partial charge in [-0.2, -0.15) is 4.98 Å². The lowest BCUT2D eigenvalue weighted by Gasteiger charge is -2.22. The van der Waals surface area contributed by atoms with Crippen LogP contribution in [0.4, 0.5) is 5.13 Å². The fourth-order valence-electron chi connectivity index (χ4n) is 3.39. The van der Waals surface area contributed by atoms with Gasteiger partial charge in [-0.25, -0.2) is 0 Å². The molecule has 100 valence electrons. The Labute approximate surface area is 111 Å². The first-order chi connectivity index (χ1) is 8.76. The van der Waals surface area contributed by atoms with Crippen LogP contribution in [0.25, 0.3) is 0 Å². The van der Waals surface area contributed by atoms with Crippen LogP contribution < -0.4 is 5.32 Å². The molecule has 0 saturated heterocycles. The largest absolute Gasteiger partial charge is 0.492 e. The van der Waals surface area contributed by atoms with Gasteiger partial charge in [0.25, 0.3) is 0 Å². The van der Waals surface area contributed by atoms with E-state index in [-0.39, 0.29) is 12.5 Å². The maximum Gasteiger partial charge on any atom is 0.227 e. The summed E-state index contributed by atoms with van der Waals surface area (Å²) in [6.07, 6.45) is 6.76. The zero-order valence-electron chi connectivity index (χ0n) is 10.4. The first-order valence-electron chi connectivity index (χ1n) is 6.82. The standard InChI is InChI=1S/C13H20N2O2S/c16-5-1-2-11-12(17)15-13(18-11)14-10-7-8-3-4-9(10)6-8/h8-10,16-17H,1-7H2,(H,14,15). The number of nitrogens with one attached hydrogen (secondary N) is 1. The lowest BCUT2D eigenvalue weighted by molar-refractivity contribution is 0.288. The molecule has 4 nitrogen and oxygen atoms in total. The van der Waals surface area contributed by atoms with Crippen molar-refractivity contribution in [2.75, 3.05) is 11.9 Å². The number of nitrogens with zero attached hydrogens (tertiary/aromatic N) is 1. The molecule has 2 saturated carbocycles. The number of aliphatic hydroxyl groups excluding tert-OH is 1. The Balaban J connectivity index is 1.62. The average Bonchev–Trinajstić information content (AvgIpc) is 3.03. The zero-order chi connectivity index (χ0) is 12.5. The van der Waals surface area contributed by atoms with Gasteiger partial charge in [0.15, 0.2) is 5.13 Å². The van der Waals surface area contributed by atoms with Crippen molar-refractivity contribution in [2.24, 2.45) is 11.8 Å². The molecule has 1 aromatic heterocycles. The summed E-state index contributed by atoms with van der Waals surface area (Å²) < 4.78 is 0. The van der Waals surface area contributed by atoms with E-state index in [1.807, 2.05) is 0 Å². The van der Waals surface area contributed by atoms with Gasteiger partial charge in [-0.15, -0.1) is 0 Å². The Bertz CT molecular complexity index is 421. The van der Waals surface area contributed by atoms with E-state index in [0.717, 1.165) is 21.8 Å². The summed E-state index contributed by atoms with van der Waals surface area (Å²) in [4.78, 5) is 5.08. The highest BCUT2D eigenvalue weighted by molar-refractivity contribution is 7.15. The predicted octanol–water partition coefficient (Wildman–Crippen LogP) is 2.37. The molecule has 3 atom stereocenters. The molecule has 2 aliphatic rings. The number of aromatic hydroxyl groups is 1. The third-order valence-corrected chi connectivity index (χ3v) is 5.32. The Kier molecular flexibility index (Phi) is 3.43. The second-order valence-electron chi connectivity index (χ2n) is 5.52. The molecule has 2 aliphatic carbocycles. The minimum Gasteiger partial charge on any atom is -0.492 e. The second-order valence-corrected chi connectivity index (χ2v) is 6.60. The van der Waals surface area contributed by atoms with Crippen LogP contribution in [0, 0.1) is 11.8 Å². The van der Waals surface area contributed by atoms with Crippen LogP contribution in [0.15, 0.2) is 0 Å². The van der Waals surface area contributed by atoms with Crippen molar-refractivity contribution >= 4 is 16.5 Å². The lowest BCUT2D eigenvalue weighted by atomic mass is 9.96. The number of hydrogen-bond acceptors (Lipinski definition) is 5. The van der Waals surface area contributed by atoms with Gasteiger partial charge < -0.3 is 15.5 Å². The van der Waals surface area contributed by atoms with E-state index in [1.165, 1.54) is 37.0 Å². The van der Waals surface area contributed by atoms with E-state index >= 15 is 0 Å². The Morgan fingerprint density at radius 2 is 2.22 bits per heavy atom. The molecule has 0 amide bonds. The lowest BCUT2D eigenvalue weighted by Crippen LogP contribution is -2.25. The van der Waals surface area contributed by atoms with E-state index in [1.54, 1.807) is 0 Å². The highest BCUT2D eigenvalue weighted by Crippen LogP contribution is 2.46. The van der Waals surface area contributed by atoms with Gasteiger partial charge >= 0.3 is 0 Å². The summed E-state index contributed by atoms with van der Waals surface area (Å²) in [5, 5.41) is 22.9. The molecule has 18 heavy (non-hydrogen) atoms. The molecule has 5 heteroatoms. The number of thiazole rings is 1. The third kappa shape index (κ3) is 2.34. The summed E-state index contributed by atoms with van der Waals surface area (Å²) in [6, 6.07) is 0.556. The number of hydrogen-bond donors (Lipinski definition) is 3. The quantitative estimate of drug-likeness (QED) is 0.767. The van der Waals surface area contributed by atoms with E-state index in [0.29, 0.717) is 18.9 Å². The molecule has 0 aromatic carbocycles. The second kappa shape index (κ2) is 5.05. The van der Waals surface area contributed by atoms with Crippen LogP contribution in [-0.4, -0.2) is 27.8 Å². The number of aromatic nitrogens is 1. The van der Waals surface area contributed by atoms with Crippen molar-refractivity contribution in [3.8, 4) is 5.88 Å². The fourth-order valence-corrected chi connectivity index (χ4v) is 4.35. The van der Waals surface area contributed by atoms with E-state index < -0.39 is 0 Å². The molecule has 3 unspecified atom stereocenters. The van der Waals surface area contributed by atoms with Gasteiger partial charge in [-0.05, 0) is 43.9 Å². The molecule has 3 rings (SSSR count). The molecule has 0 radical (unpaired) electrons. The zero-order valence-corrected chi connectivity index (χ0v) is 11.2. The first kappa shape index (κ1) is 12.2. The van der Waals surface area contributed by atoms with Crippen LogP contribution >= 0.6 is 11.3 Å². The van der Waals surface area contributed by atoms with Crippen molar-refractivity contribution in [3.63, 3.8) is 0 Å². The Hall–Kier alpha value is -0.810. The molecule has 2 fully saturated rings. The predicted molar refractivity (Wildman–Crippen MR) is 72.0 cm³/mol. The number of fused-ring (bicyclic) bond motifs is 2. The minimum atomic E-state index is 0.138. The van der Waals surface area contributed by atoms with Crippen molar-refractivity contribution in [1.82, 2.24) is 4.98 Å². The molecule has 0 aliphatic heterocycles. The van der Waals surface area contributed by atoms with Crippen molar-refractivity contribution < 1.29 is 10.2 Å². The van der Waals surface area contributed by atoms with E-state index in [2.05, 4.69) is 10.3 Å². The van der Waals surface area contributed by atoms with E-state index in [4.69, 9.17) is 5.11 Å². The van der Waals surface area contributed by atoms with Crippen LogP contribution in [0.5, 0.6) is 5.88 Å². The van der Waals surface area contributed by atoms with Crippen molar-refractivity contribution in [1.29, 1.82) is 0 Å². The summed E-state index contributed by atoms with van der Waals surface area (Å²) in [5.74, 6) is 1.86. The summed E-state index contributed by atoms with van der Waals surface area (Å²) >= 11 is 1.53. The van der Waals surface area contributed by atoms with Crippen LogP contribution in [0.2, 0.25) is 0 Å². The first-order valence-corrected chi connectivity index (χ1v) is 7.64. The summed E-state index contributed by atoms with van der Waals surface area (Å²) in [5.41, 5.74) is 0. The van der Waals surface area contributed by atoms with Gasteiger partial charge in [0, 0.05) is 12.6 Å². The topological polar surface area (TPSA) is 65.4 Å². The van der Waals surface area contributed by atoms with Crippen molar-refractivity contribution in [2.45, 2.75) is 44.6 Å². The maximum absolute atomic E-state index is 9.74. The summed E-state index contributed by atoms with van der Waals surface area (Å²) in [7, 11) is 0. The molecule has 1 heterocycles. The molecule has 0 spiro atoms. The SMILES string of the molecule is OCCCc1sc(NC2CC3CCC2C3)nc1O. The summed E-state index contributed by atoms with van der Waals surface area (Å²) in [6.45, 7) is 0.159. The van der Waals surface area contributed by atoms with Gasteiger partial charge in [0.2, 0.25) is 5.88 Å². The van der Waals surface area contributed by atoms with Crippen LogP contribution in [0.1, 0.15) is 37.0 Å². The normalized spacial score (nSPS) is 29.9. The highest BCUT2D eigenvalue weighted by atomic mass is 32.1. The number of rotatable bonds is 5. The van der Waals surface area contributed by atoms with E-state index in [9.17, 15) is 5.11 Å². The molecule has 3 N–H and O–H groups in total. The monoisotopic (exact) mass is 268 g/mol. The highest BCUT2D eigenvalue weighted by Gasteiger charge is 2.39. The van der Waals surface area contributed by atoms with Gasteiger partial charge in [0.05, 0.1) is 4.88 Å². The smallest absolute Gasteiger partial charge is 0.227 e. The van der Waals surface area contributed by atoms with Gasteiger partial charge in [0.1, 0.15) is 0 Å². The molecular weight excluding hydrogens is 248 g/mol. The number of aryl methyl sites for hydroxylation is 1. The third-order valence-electron chi connectivity index (χ3n) is 4.29. The van der Waals surface area contributed by atoms with Gasteiger partial charge in [-0.3, -0.25) is 0 Å². The molecule has 2 bridgehead atoms. The van der Waals surface area contributed by atoms with Crippen LogP contribution in [-0.2, 0) is 6.42 Å². The van der Waals surface area contributed by atoms with Crippen molar-refractivity contribution in [3.05, 3.63) is 4.88 Å². The Morgan fingerprint density at radius 1 is 1.33 bits per heavy atom. The maximum atomic E-state index is 9.74. The molecule has 1 aromatic rings. The number of aliphatic hydroxyl groups is 1. The number of anilines is 1. The van der Waals surface area contributed by atoms with Crippen LogP contribution in [0.3, 0.4) is 0 Å². The average molecular weight is 268 g/mol. The minimum absolute atomic E-state index is 0.138. The fraction of sp³-hybridized carbons (Fsp3) is 0.769.